The summed E-state index contributed by atoms with van der Waals surface area (Å²) in [4.78, 5) is 24.4. The van der Waals surface area contributed by atoms with Crippen LogP contribution < -0.4 is 15.4 Å². The molecule has 5 nitrogen and oxygen atoms in total. The number of carbonyl (C=O) groups is 2. The van der Waals surface area contributed by atoms with Crippen molar-refractivity contribution in [2.45, 2.75) is 25.7 Å². The van der Waals surface area contributed by atoms with Crippen LogP contribution in [0.2, 0.25) is 10.0 Å². The summed E-state index contributed by atoms with van der Waals surface area (Å²) in [6.45, 7) is 1.74. The fourth-order valence-electron chi connectivity index (χ4n) is 2.36. The van der Waals surface area contributed by atoms with Crippen LogP contribution in [0.25, 0.3) is 0 Å². The van der Waals surface area contributed by atoms with Crippen LogP contribution >= 0.6 is 23.2 Å². The lowest BCUT2D eigenvalue weighted by Crippen LogP contribution is -2.45. The van der Waals surface area contributed by atoms with Gasteiger partial charge in [-0.3, -0.25) is 9.59 Å². The number of hydrogen-bond acceptors (Lipinski definition) is 3. The summed E-state index contributed by atoms with van der Waals surface area (Å²) in [5.41, 5.74) is 0.863. The molecule has 0 fully saturated rings. The van der Waals surface area contributed by atoms with Gasteiger partial charge in [0.1, 0.15) is 11.8 Å². The number of amides is 2. The van der Waals surface area contributed by atoms with Gasteiger partial charge in [0.25, 0.3) is 5.91 Å². The van der Waals surface area contributed by atoms with E-state index in [0.29, 0.717) is 12.0 Å². The number of halogens is 5. The topological polar surface area (TPSA) is 67.4 Å². The van der Waals surface area contributed by atoms with Crippen molar-refractivity contribution in [2.75, 3.05) is 6.54 Å². The van der Waals surface area contributed by atoms with Gasteiger partial charge in [-0.1, -0.05) is 41.4 Å². The molecule has 0 aliphatic carbocycles. The third-order valence-electron chi connectivity index (χ3n) is 3.81. The van der Waals surface area contributed by atoms with Crippen LogP contribution in [-0.2, 0) is 11.2 Å². The minimum absolute atomic E-state index is 0.0947. The molecular weight excluding hydrogens is 432 g/mol. The first-order valence-electron chi connectivity index (χ1n) is 8.44. The molecule has 2 aromatic carbocycles. The van der Waals surface area contributed by atoms with Gasteiger partial charge in [0.2, 0.25) is 5.91 Å². The molecule has 2 aromatic rings. The lowest BCUT2D eigenvalue weighted by molar-refractivity contribution is -0.274. The Hall–Kier alpha value is -2.45. The normalized spacial score (nSPS) is 12.2. The molecule has 156 valence electrons. The smallest absolute Gasteiger partial charge is 0.406 e. The van der Waals surface area contributed by atoms with E-state index in [4.69, 9.17) is 23.2 Å². The second-order valence-electron chi connectivity index (χ2n) is 6.03. The van der Waals surface area contributed by atoms with Crippen molar-refractivity contribution in [1.29, 1.82) is 0 Å². The van der Waals surface area contributed by atoms with Gasteiger partial charge in [-0.25, -0.2) is 0 Å². The minimum atomic E-state index is -4.74. The quantitative estimate of drug-likeness (QED) is 0.660. The Morgan fingerprint density at radius 1 is 1.10 bits per heavy atom. The van der Waals surface area contributed by atoms with E-state index in [-0.39, 0.29) is 27.9 Å². The molecule has 10 heteroatoms. The zero-order chi connectivity index (χ0) is 21.6. The maximum absolute atomic E-state index is 12.2. The lowest BCUT2D eigenvalue weighted by atomic mass is 10.1. The highest BCUT2D eigenvalue weighted by Gasteiger charge is 2.30. The van der Waals surface area contributed by atoms with Gasteiger partial charge in [-0.05, 0) is 43.2 Å². The number of nitrogens with one attached hydrogen (secondary N) is 2. The Bertz CT molecular complexity index is 874. The molecule has 0 radical (unpaired) electrons. The molecule has 0 saturated heterocycles. The van der Waals surface area contributed by atoms with E-state index in [1.807, 2.05) is 0 Å². The molecule has 0 aliphatic rings. The molecular formula is C19H17Cl2F3N2O3. The Labute approximate surface area is 175 Å². The highest BCUT2D eigenvalue weighted by Crippen LogP contribution is 2.25. The number of carbonyl (C=O) groups excluding carboxylic acids is 2. The first kappa shape index (κ1) is 22.8. The predicted molar refractivity (Wildman–Crippen MR) is 103 cm³/mol. The first-order valence-corrected chi connectivity index (χ1v) is 9.19. The van der Waals surface area contributed by atoms with Gasteiger partial charge < -0.3 is 15.4 Å². The van der Waals surface area contributed by atoms with E-state index < -0.39 is 24.2 Å². The number of hydrogen-bond donors (Lipinski definition) is 2. The molecule has 0 saturated carbocycles. The molecule has 1 atom stereocenters. The number of benzene rings is 2. The van der Waals surface area contributed by atoms with Gasteiger partial charge in [-0.15, -0.1) is 13.2 Å². The zero-order valence-corrected chi connectivity index (χ0v) is 16.7. The molecule has 1 unspecified atom stereocenters. The lowest BCUT2D eigenvalue weighted by Gasteiger charge is -2.15. The van der Waals surface area contributed by atoms with Crippen molar-refractivity contribution in [3.63, 3.8) is 0 Å². The van der Waals surface area contributed by atoms with Crippen LogP contribution in [0.4, 0.5) is 13.2 Å². The maximum atomic E-state index is 12.2. The molecule has 2 amide bonds. The van der Waals surface area contributed by atoms with Crippen LogP contribution in [0, 0.1) is 0 Å². The second-order valence-corrected chi connectivity index (χ2v) is 6.81. The van der Waals surface area contributed by atoms with E-state index in [9.17, 15) is 22.8 Å². The SMILES string of the molecule is CC(NC(=O)c1cccc(Cl)c1Cl)C(=O)NCCc1ccc(OC(F)(F)F)cc1. The van der Waals surface area contributed by atoms with Crippen molar-refractivity contribution in [3.05, 3.63) is 63.6 Å². The summed E-state index contributed by atoms with van der Waals surface area (Å²) >= 11 is 11.9. The summed E-state index contributed by atoms with van der Waals surface area (Å²) in [5.74, 6) is -1.28. The summed E-state index contributed by atoms with van der Waals surface area (Å²) in [6, 6.07) is 9.10. The third-order valence-corrected chi connectivity index (χ3v) is 4.63. The van der Waals surface area contributed by atoms with Gasteiger partial charge in [0.05, 0.1) is 15.6 Å². The number of rotatable bonds is 7. The third kappa shape index (κ3) is 7.14. The van der Waals surface area contributed by atoms with Crippen molar-refractivity contribution >= 4 is 35.0 Å². The molecule has 0 bridgehead atoms. The summed E-state index contributed by atoms with van der Waals surface area (Å²) < 4.78 is 40.2. The van der Waals surface area contributed by atoms with Crippen molar-refractivity contribution < 1.29 is 27.5 Å². The Kier molecular flexibility index (Phi) is 7.75. The summed E-state index contributed by atoms with van der Waals surface area (Å²) in [7, 11) is 0. The molecule has 0 spiro atoms. The van der Waals surface area contributed by atoms with Gasteiger partial charge in [0.15, 0.2) is 0 Å². The molecule has 2 rings (SSSR count). The van der Waals surface area contributed by atoms with Crippen LogP contribution in [0.15, 0.2) is 42.5 Å². The molecule has 0 aromatic heterocycles. The zero-order valence-electron chi connectivity index (χ0n) is 15.1. The van der Waals surface area contributed by atoms with E-state index >= 15 is 0 Å². The summed E-state index contributed by atoms with van der Waals surface area (Å²) in [5, 5.41) is 5.49. The largest absolute Gasteiger partial charge is 0.573 e. The van der Waals surface area contributed by atoms with Gasteiger partial charge in [0, 0.05) is 6.54 Å². The van der Waals surface area contributed by atoms with Crippen molar-refractivity contribution in [2.24, 2.45) is 0 Å². The van der Waals surface area contributed by atoms with Crippen molar-refractivity contribution in [1.82, 2.24) is 10.6 Å². The van der Waals surface area contributed by atoms with Crippen LogP contribution in [0.3, 0.4) is 0 Å². The highest BCUT2D eigenvalue weighted by molar-refractivity contribution is 6.43. The number of ether oxygens (including phenoxy) is 1. The van der Waals surface area contributed by atoms with E-state index in [2.05, 4.69) is 15.4 Å². The Morgan fingerprint density at radius 3 is 2.38 bits per heavy atom. The fraction of sp³-hybridized carbons (Fsp3) is 0.263. The van der Waals surface area contributed by atoms with Crippen LogP contribution in [-0.4, -0.2) is 30.8 Å². The molecule has 0 heterocycles. The van der Waals surface area contributed by atoms with Crippen LogP contribution in [0.1, 0.15) is 22.8 Å². The first-order chi connectivity index (χ1) is 13.6. The maximum Gasteiger partial charge on any atom is 0.573 e. The fourth-order valence-corrected chi connectivity index (χ4v) is 2.75. The molecule has 29 heavy (non-hydrogen) atoms. The van der Waals surface area contributed by atoms with E-state index in [1.54, 1.807) is 12.1 Å². The standard InChI is InChI=1S/C19H17Cl2F3N2O3/c1-11(26-18(28)14-3-2-4-15(20)16(14)21)17(27)25-10-9-12-5-7-13(8-6-12)29-19(22,23)24/h2-8,11H,9-10H2,1H3,(H,25,27)(H,26,28). The van der Waals surface area contributed by atoms with Gasteiger partial charge in [-0.2, -0.15) is 0 Å². The van der Waals surface area contributed by atoms with Crippen LogP contribution in [0.5, 0.6) is 5.75 Å². The minimum Gasteiger partial charge on any atom is -0.406 e. The number of alkyl halides is 3. The Morgan fingerprint density at radius 2 is 1.76 bits per heavy atom. The second kappa shape index (κ2) is 9.84. The van der Waals surface area contributed by atoms with E-state index in [1.165, 1.54) is 37.3 Å². The molecule has 0 aliphatic heterocycles. The Balaban J connectivity index is 1.81. The average molecular weight is 449 g/mol. The average Bonchev–Trinajstić information content (AvgIpc) is 2.64. The predicted octanol–water partition coefficient (Wildman–Crippen LogP) is 4.37. The monoisotopic (exact) mass is 448 g/mol. The highest BCUT2D eigenvalue weighted by atomic mass is 35.5. The van der Waals surface area contributed by atoms with Gasteiger partial charge >= 0.3 is 6.36 Å². The molecule has 2 N–H and O–H groups in total. The summed E-state index contributed by atoms with van der Waals surface area (Å²) in [6.07, 6.45) is -4.36. The van der Waals surface area contributed by atoms with Crippen molar-refractivity contribution in [3.8, 4) is 5.75 Å². The van der Waals surface area contributed by atoms with E-state index in [0.717, 1.165) is 0 Å².